The van der Waals surface area contributed by atoms with Gasteiger partial charge in [0.25, 0.3) is 0 Å². The van der Waals surface area contributed by atoms with Gasteiger partial charge < -0.3 is 5.11 Å². The fraction of sp³-hybridized carbons (Fsp3) is 0.111. The molecule has 0 saturated carbocycles. The molecule has 0 aliphatic carbocycles. The maximum absolute atomic E-state index is 10.5. The molecule has 15 heavy (non-hydrogen) atoms. The molecule has 2 rings (SSSR count). The van der Waals surface area contributed by atoms with Crippen molar-refractivity contribution in [3.63, 3.8) is 0 Å². The minimum absolute atomic E-state index is 0.227. The predicted molar refractivity (Wildman–Crippen MR) is 48.9 cm³/mol. The maximum atomic E-state index is 10.5. The van der Waals surface area contributed by atoms with Gasteiger partial charge in [-0.05, 0) is 17.3 Å². The lowest BCUT2D eigenvalue weighted by Gasteiger charge is -1.94. The quantitative estimate of drug-likeness (QED) is 0.795. The van der Waals surface area contributed by atoms with Crippen molar-refractivity contribution in [3.05, 3.63) is 30.1 Å². The maximum Gasteiger partial charge on any atom is 0.309 e. The summed E-state index contributed by atoms with van der Waals surface area (Å²) in [5.74, 6) is -0.983. The molecular formula is C9H7N3O3. The van der Waals surface area contributed by atoms with Crippen LogP contribution in [-0.2, 0) is 11.2 Å². The van der Waals surface area contributed by atoms with Gasteiger partial charge in [-0.15, -0.1) is 0 Å². The van der Waals surface area contributed by atoms with Crippen molar-refractivity contribution in [2.75, 3.05) is 0 Å². The third kappa shape index (κ3) is 1.98. The Morgan fingerprint density at radius 2 is 2.27 bits per heavy atom. The lowest BCUT2D eigenvalue weighted by molar-refractivity contribution is -0.136. The van der Waals surface area contributed by atoms with Crippen molar-refractivity contribution in [1.82, 2.24) is 15.3 Å². The van der Waals surface area contributed by atoms with Gasteiger partial charge in [0.15, 0.2) is 5.69 Å². The fourth-order valence-corrected chi connectivity index (χ4v) is 1.16. The predicted octanol–water partition coefficient (Wildman–Crippen LogP) is 0.759. The lowest BCUT2D eigenvalue weighted by Crippen LogP contribution is -2.02. The Labute approximate surface area is 84.5 Å². The Balaban J connectivity index is 2.37. The molecule has 2 aromatic heterocycles. The molecule has 0 aliphatic rings. The smallest absolute Gasteiger partial charge is 0.309 e. The van der Waals surface area contributed by atoms with Gasteiger partial charge in [0.2, 0.25) is 0 Å². The first kappa shape index (κ1) is 9.32. The van der Waals surface area contributed by atoms with Gasteiger partial charge in [-0.25, -0.2) is 4.63 Å². The Hall–Kier alpha value is -2.24. The number of nitrogens with zero attached hydrogens (tertiary/aromatic N) is 3. The van der Waals surface area contributed by atoms with Gasteiger partial charge in [-0.2, -0.15) is 0 Å². The van der Waals surface area contributed by atoms with E-state index in [0.29, 0.717) is 11.4 Å². The zero-order chi connectivity index (χ0) is 10.7. The first-order valence-electron chi connectivity index (χ1n) is 4.22. The van der Waals surface area contributed by atoms with Crippen LogP contribution in [0.1, 0.15) is 5.69 Å². The van der Waals surface area contributed by atoms with Crippen molar-refractivity contribution in [3.8, 4) is 11.4 Å². The van der Waals surface area contributed by atoms with Crippen LogP contribution in [0.4, 0.5) is 0 Å². The molecule has 0 unspecified atom stereocenters. The van der Waals surface area contributed by atoms with Gasteiger partial charge in [-0.3, -0.25) is 9.78 Å². The first-order chi connectivity index (χ1) is 7.27. The highest BCUT2D eigenvalue weighted by Gasteiger charge is 2.15. The molecular weight excluding hydrogens is 198 g/mol. The fourth-order valence-electron chi connectivity index (χ4n) is 1.16. The number of carbonyl (C=O) groups is 1. The molecule has 2 aromatic rings. The van der Waals surface area contributed by atoms with Crippen molar-refractivity contribution >= 4 is 5.97 Å². The molecule has 0 atom stereocenters. The number of hydrogen-bond donors (Lipinski definition) is 1. The molecule has 0 aromatic carbocycles. The van der Waals surface area contributed by atoms with E-state index < -0.39 is 5.97 Å². The molecule has 1 N–H and O–H groups in total. The minimum atomic E-state index is -0.983. The molecule has 0 fully saturated rings. The molecule has 6 nitrogen and oxygen atoms in total. The Kier molecular flexibility index (Phi) is 2.40. The van der Waals surface area contributed by atoms with Crippen LogP contribution < -0.4 is 0 Å². The van der Waals surface area contributed by atoms with Crippen LogP contribution in [-0.4, -0.2) is 26.4 Å². The van der Waals surface area contributed by atoms with Gasteiger partial charge >= 0.3 is 5.97 Å². The van der Waals surface area contributed by atoms with E-state index in [1.54, 1.807) is 24.4 Å². The molecule has 0 radical (unpaired) electrons. The van der Waals surface area contributed by atoms with Crippen LogP contribution in [0.2, 0.25) is 0 Å². The van der Waals surface area contributed by atoms with Gasteiger partial charge in [0, 0.05) is 6.20 Å². The first-order valence-corrected chi connectivity index (χ1v) is 4.22. The highest BCUT2D eigenvalue weighted by Crippen LogP contribution is 2.17. The van der Waals surface area contributed by atoms with Crippen molar-refractivity contribution in [1.29, 1.82) is 0 Å². The summed E-state index contributed by atoms with van der Waals surface area (Å²) in [5.41, 5.74) is 1.20. The van der Waals surface area contributed by atoms with E-state index in [9.17, 15) is 4.79 Å². The summed E-state index contributed by atoms with van der Waals surface area (Å²) in [6.45, 7) is 0. The molecule has 0 aliphatic heterocycles. The van der Waals surface area contributed by atoms with Crippen LogP contribution >= 0.6 is 0 Å². The molecule has 76 valence electrons. The van der Waals surface area contributed by atoms with E-state index in [2.05, 4.69) is 19.9 Å². The van der Waals surface area contributed by atoms with Crippen molar-refractivity contribution in [2.45, 2.75) is 6.42 Å². The van der Waals surface area contributed by atoms with Gasteiger partial charge in [-0.1, -0.05) is 11.2 Å². The van der Waals surface area contributed by atoms with E-state index >= 15 is 0 Å². The minimum Gasteiger partial charge on any atom is -0.481 e. The molecule has 0 spiro atoms. The van der Waals surface area contributed by atoms with Crippen molar-refractivity contribution < 1.29 is 14.5 Å². The van der Waals surface area contributed by atoms with E-state index in [0.717, 1.165) is 0 Å². The number of rotatable bonds is 3. The van der Waals surface area contributed by atoms with Crippen LogP contribution in [0, 0.1) is 0 Å². The summed E-state index contributed by atoms with van der Waals surface area (Å²) in [6, 6.07) is 5.25. The molecule has 2 heterocycles. The monoisotopic (exact) mass is 205 g/mol. The van der Waals surface area contributed by atoms with Crippen LogP contribution in [0.3, 0.4) is 0 Å². The number of hydrogen-bond acceptors (Lipinski definition) is 5. The van der Waals surface area contributed by atoms with E-state index in [1.807, 2.05) is 0 Å². The number of pyridine rings is 1. The van der Waals surface area contributed by atoms with E-state index in [-0.39, 0.29) is 12.1 Å². The molecule has 0 saturated heterocycles. The summed E-state index contributed by atoms with van der Waals surface area (Å²) < 4.78 is 4.50. The standard InChI is InChI=1S/C9H7N3O3/c13-8(14)5-7-9(12-15-11-7)6-3-1-2-4-10-6/h1-4H,5H2,(H,13,14). The highest BCUT2D eigenvalue weighted by molar-refractivity contribution is 5.72. The number of aliphatic carboxylic acids is 1. The lowest BCUT2D eigenvalue weighted by atomic mass is 10.2. The summed E-state index contributed by atoms with van der Waals surface area (Å²) in [7, 11) is 0. The highest BCUT2D eigenvalue weighted by atomic mass is 16.6. The number of carboxylic acids is 1. The Morgan fingerprint density at radius 1 is 1.40 bits per heavy atom. The van der Waals surface area contributed by atoms with E-state index in [4.69, 9.17) is 5.11 Å². The van der Waals surface area contributed by atoms with Gasteiger partial charge in [0.1, 0.15) is 5.69 Å². The summed E-state index contributed by atoms with van der Waals surface area (Å²) >= 11 is 0. The molecule has 0 amide bonds. The van der Waals surface area contributed by atoms with Crippen molar-refractivity contribution in [2.24, 2.45) is 0 Å². The van der Waals surface area contributed by atoms with Crippen LogP contribution in [0.25, 0.3) is 11.4 Å². The van der Waals surface area contributed by atoms with E-state index in [1.165, 1.54) is 0 Å². The number of carboxylic acid groups (broad SMARTS) is 1. The zero-order valence-corrected chi connectivity index (χ0v) is 7.62. The van der Waals surface area contributed by atoms with Crippen LogP contribution in [0.5, 0.6) is 0 Å². The molecule has 6 heteroatoms. The third-order valence-electron chi connectivity index (χ3n) is 1.78. The average molecular weight is 205 g/mol. The third-order valence-corrected chi connectivity index (χ3v) is 1.78. The summed E-state index contributed by atoms with van der Waals surface area (Å²) in [4.78, 5) is 14.6. The summed E-state index contributed by atoms with van der Waals surface area (Å²) in [5, 5.41) is 15.8. The van der Waals surface area contributed by atoms with Crippen LogP contribution in [0.15, 0.2) is 29.0 Å². The topological polar surface area (TPSA) is 89.1 Å². The molecule has 0 bridgehead atoms. The second kappa shape index (κ2) is 3.87. The second-order valence-electron chi connectivity index (χ2n) is 2.85. The second-order valence-corrected chi connectivity index (χ2v) is 2.85. The van der Waals surface area contributed by atoms with Gasteiger partial charge in [0.05, 0.1) is 12.1 Å². The Morgan fingerprint density at radius 3 is 2.93 bits per heavy atom. The largest absolute Gasteiger partial charge is 0.481 e. The normalized spacial score (nSPS) is 10.1. The zero-order valence-electron chi connectivity index (χ0n) is 7.62. The summed E-state index contributed by atoms with van der Waals surface area (Å²) in [6.07, 6.45) is 1.37. The average Bonchev–Trinajstić information content (AvgIpc) is 2.66. The SMILES string of the molecule is O=C(O)Cc1nonc1-c1ccccn1. The Bertz CT molecular complexity index is 466. The number of aromatic nitrogens is 3.